The minimum Gasteiger partial charge on any atom is -0.493 e. The van der Waals surface area contributed by atoms with E-state index in [0.717, 1.165) is 5.69 Å². The van der Waals surface area contributed by atoms with E-state index in [1.165, 1.54) is 4.90 Å². The molecule has 0 saturated heterocycles. The van der Waals surface area contributed by atoms with Gasteiger partial charge in [-0.3, -0.25) is 4.99 Å². The molecular weight excluding hydrogens is 360 g/mol. The number of guanidine groups is 1. The van der Waals surface area contributed by atoms with Crippen LogP contribution in [0.3, 0.4) is 0 Å². The highest BCUT2D eigenvalue weighted by atomic mass is 16.6. The highest BCUT2D eigenvalue weighted by molar-refractivity contribution is 5.93. The summed E-state index contributed by atoms with van der Waals surface area (Å²) >= 11 is 0. The van der Waals surface area contributed by atoms with E-state index in [2.05, 4.69) is 15.6 Å². The SMILES string of the molecule is CCNC(=NCCN(C)C(=O)OC(C)(C)C)Nc1ccc(OC)c(OCC)c1. The van der Waals surface area contributed by atoms with Gasteiger partial charge in [0.1, 0.15) is 5.60 Å². The summed E-state index contributed by atoms with van der Waals surface area (Å²) in [6.07, 6.45) is -0.364. The molecule has 0 saturated carbocycles. The first-order valence-electron chi connectivity index (χ1n) is 9.50. The second-order valence-corrected chi connectivity index (χ2v) is 7.09. The molecule has 1 amide bonds. The highest BCUT2D eigenvalue weighted by Gasteiger charge is 2.19. The summed E-state index contributed by atoms with van der Waals surface area (Å²) in [7, 11) is 3.30. The number of carbonyl (C=O) groups is 1. The molecular formula is C20H34N4O4. The maximum Gasteiger partial charge on any atom is 0.410 e. The van der Waals surface area contributed by atoms with E-state index in [1.807, 2.05) is 52.8 Å². The van der Waals surface area contributed by atoms with Crippen molar-refractivity contribution in [2.75, 3.05) is 45.7 Å². The molecule has 0 unspecified atom stereocenters. The zero-order chi connectivity index (χ0) is 21.2. The van der Waals surface area contributed by atoms with Crippen molar-refractivity contribution < 1.29 is 19.0 Å². The van der Waals surface area contributed by atoms with Crippen LogP contribution in [0, 0.1) is 0 Å². The smallest absolute Gasteiger partial charge is 0.410 e. The average Bonchev–Trinajstić information content (AvgIpc) is 2.61. The third-order valence-corrected chi connectivity index (χ3v) is 3.48. The Hall–Kier alpha value is -2.64. The van der Waals surface area contributed by atoms with Crippen LogP contribution in [-0.2, 0) is 4.74 Å². The summed E-state index contributed by atoms with van der Waals surface area (Å²) < 4.78 is 16.3. The van der Waals surface area contributed by atoms with E-state index < -0.39 is 5.60 Å². The van der Waals surface area contributed by atoms with E-state index in [9.17, 15) is 4.79 Å². The lowest BCUT2D eigenvalue weighted by molar-refractivity contribution is 0.0304. The Morgan fingerprint density at radius 2 is 1.93 bits per heavy atom. The fourth-order valence-electron chi connectivity index (χ4n) is 2.21. The van der Waals surface area contributed by atoms with E-state index in [1.54, 1.807) is 14.2 Å². The fraction of sp³-hybridized carbons (Fsp3) is 0.600. The number of likely N-dealkylation sites (N-methyl/N-ethyl adjacent to an activating group) is 1. The molecule has 1 aromatic carbocycles. The molecule has 0 aliphatic carbocycles. The summed E-state index contributed by atoms with van der Waals surface area (Å²) in [4.78, 5) is 18.0. The zero-order valence-electron chi connectivity index (χ0n) is 18.1. The highest BCUT2D eigenvalue weighted by Crippen LogP contribution is 2.30. The standard InChI is InChI=1S/C20H34N4O4/c1-8-21-18(22-12-13-24(6)19(25)28-20(3,4)5)23-15-10-11-16(26-7)17(14-15)27-9-2/h10-11,14H,8-9,12-13H2,1-7H3,(H2,21,22,23). The van der Waals surface area contributed by atoms with Crippen molar-refractivity contribution in [3.8, 4) is 11.5 Å². The lowest BCUT2D eigenvalue weighted by Gasteiger charge is -2.24. The van der Waals surface area contributed by atoms with Crippen LogP contribution in [0.4, 0.5) is 10.5 Å². The number of nitrogens with one attached hydrogen (secondary N) is 2. The first-order valence-corrected chi connectivity index (χ1v) is 9.50. The zero-order valence-corrected chi connectivity index (χ0v) is 18.1. The molecule has 0 heterocycles. The molecule has 0 fully saturated rings. The third-order valence-electron chi connectivity index (χ3n) is 3.48. The number of ether oxygens (including phenoxy) is 3. The Morgan fingerprint density at radius 3 is 2.50 bits per heavy atom. The van der Waals surface area contributed by atoms with E-state index in [-0.39, 0.29) is 6.09 Å². The molecule has 0 bridgehead atoms. The van der Waals surface area contributed by atoms with Crippen molar-refractivity contribution in [3.05, 3.63) is 18.2 Å². The molecule has 0 aliphatic rings. The Bertz CT molecular complexity index is 656. The van der Waals surface area contributed by atoms with Crippen LogP contribution in [-0.4, -0.2) is 63.0 Å². The number of hydrogen-bond donors (Lipinski definition) is 2. The van der Waals surface area contributed by atoms with Gasteiger partial charge in [0, 0.05) is 31.9 Å². The summed E-state index contributed by atoms with van der Waals surface area (Å²) in [6, 6.07) is 5.59. The number of nitrogens with zero attached hydrogens (tertiary/aromatic N) is 2. The normalized spacial score (nSPS) is 11.6. The van der Waals surface area contributed by atoms with Gasteiger partial charge in [-0.15, -0.1) is 0 Å². The van der Waals surface area contributed by atoms with Crippen LogP contribution in [0.2, 0.25) is 0 Å². The molecule has 0 aromatic heterocycles. The number of amides is 1. The van der Waals surface area contributed by atoms with Crippen LogP contribution in [0.25, 0.3) is 0 Å². The number of rotatable bonds is 8. The van der Waals surface area contributed by atoms with Crippen molar-refractivity contribution in [1.82, 2.24) is 10.2 Å². The lowest BCUT2D eigenvalue weighted by atomic mass is 10.2. The van der Waals surface area contributed by atoms with Gasteiger partial charge in [0.15, 0.2) is 17.5 Å². The molecule has 1 rings (SSSR count). The number of carbonyl (C=O) groups excluding carboxylic acids is 1. The van der Waals surface area contributed by atoms with Crippen LogP contribution in [0.1, 0.15) is 34.6 Å². The third kappa shape index (κ3) is 8.37. The van der Waals surface area contributed by atoms with Gasteiger partial charge in [0.05, 0.1) is 20.3 Å². The molecule has 8 heteroatoms. The number of anilines is 1. The Labute approximate surface area is 168 Å². The molecule has 2 N–H and O–H groups in total. The first-order chi connectivity index (χ1) is 13.2. The lowest BCUT2D eigenvalue weighted by Crippen LogP contribution is -2.36. The summed E-state index contributed by atoms with van der Waals surface area (Å²) in [5, 5.41) is 6.42. The molecule has 0 aliphatic heterocycles. The van der Waals surface area contributed by atoms with Crippen molar-refractivity contribution in [1.29, 1.82) is 0 Å². The predicted molar refractivity (Wildman–Crippen MR) is 113 cm³/mol. The topological polar surface area (TPSA) is 84.4 Å². The van der Waals surface area contributed by atoms with E-state index in [4.69, 9.17) is 14.2 Å². The van der Waals surface area contributed by atoms with Gasteiger partial charge in [-0.1, -0.05) is 0 Å². The number of hydrogen-bond acceptors (Lipinski definition) is 5. The monoisotopic (exact) mass is 394 g/mol. The molecule has 28 heavy (non-hydrogen) atoms. The molecule has 1 aromatic rings. The van der Waals surface area contributed by atoms with Gasteiger partial charge in [0.25, 0.3) is 0 Å². The molecule has 0 radical (unpaired) electrons. The first kappa shape index (κ1) is 23.4. The van der Waals surface area contributed by atoms with Gasteiger partial charge in [0.2, 0.25) is 0 Å². The number of methoxy groups -OCH3 is 1. The maximum atomic E-state index is 12.0. The minimum atomic E-state index is -0.516. The van der Waals surface area contributed by atoms with E-state index >= 15 is 0 Å². The van der Waals surface area contributed by atoms with Crippen LogP contribution >= 0.6 is 0 Å². The van der Waals surface area contributed by atoms with Crippen molar-refractivity contribution in [2.45, 2.75) is 40.2 Å². The van der Waals surface area contributed by atoms with Gasteiger partial charge in [-0.05, 0) is 46.8 Å². The molecule has 8 nitrogen and oxygen atoms in total. The second kappa shape index (κ2) is 11.3. The molecule has 158 valence electrons. The number of aliphatic imine (C=N–C) groups is 1. The molecule has 0 atom stereocenters. The van der Waals surface area contributed by atoms with Crippen LogP contribution in [0.5, 0.6) is 11.5 Å². The Kier molecular flexibility index (Phi) is 9.41. The quantitative estimate of drug-likeness (QED) is 0.520. The van der Waals surface area contributed by atoms with Crippen molar-refractivity contribution in [3.63, 3.8) is 0 Å². The Balaban J connectivity index is 2.74. The summed E-state index contributed by atoms with van der Waals surface area (Å²) in [6.45, 7) is 11.6. The largest absolute Gasteiger partial charge is 0.493 e. The Morgan fingerprint density at radius 1 is 1.21 bits per heavy atom. The van der Waals surface area contributed by atoms with Gasteiger partial charge >= 0.3 is 6.09 Å². The summed E-state index contributed by atoms with van der Waals surface area (Å²) in [5.74, 6) is 1.96. The predicted octanol–water partition coefficient (Wildman–Crippen LogP) is 3.34. The molecule has 0 spiro atoms. The van der Waals surface area contributed by atoms with Gasteiger partial charge in [-0.2, -0.15) is 0 Å². The van der Waals surface area contributed by atoms with Crippen molar-refractivity contribution in [2.24, 2.45) is 4.99 Å². The van der Waals surface area contributed by atoms with Crippen molar-refractivity contribution >= 4 is 17.7 Å². The number of benzene rings is 1. The van der Waals surface area contributed by atoms with Gasteiger partial charge < -0.3 is 29.7 Å². The fourth-order valence-corrected chi connectivity index (χ4v) is 2.21. The van der Waals surface area contributed by atoms with Crippen LogP contribution < -0.4 is 20.1 Å². The average molecular weight is 395 g/mol. The second-order valence-electron chi connectivity index (χ2n) is 7.09. The summed E-state index contributed by atoms with van der Waals surface area (Å²) in [5.41, 5.74) is 0.307. The maximum absolute atomic E-state index is 12.0. The minimum absolute atomic E-state index is 0.364. The van der Waals surface area contributed by atoms with Gasteiger partial charge in [-0.25, -0.2) is 4.79 Å². The van der Waals surface area contributed by atoms with E-state index in [0.29, 0.717) is 43.7 Å². The van der Waals surface area contributed by atoms with Crippen LogP contribution in [0.15, 0.2) is 23.2 Å².